The molecule has 3 nitrogen and oxygen atoms in total. The van der Waals surface area contributed by atoms with Crippen LogP contribution >= 0.6 is 0 Å². The second-order valence-electron chi connectivity index (χ2n) is 7.64. The molecule has 1 heterocycles. The van der Waals surface area contributed by atoms with E-state index in [2.05, 4.69) is 52.1 Å². The van der Waals surface area contributed by atoms with Gasteiger partial charge in [0, 0.05) is 24.1 Å². The molecule has 1 aliphatic carbocycles. The molecule has 1 aromatic heterocycles. The fourth-order valence-electron chi connectivity index (χ4n) is 2.07. The third-order valence-electron chi connectivity index (χ3n) is 3.75. The summed E-state index contributed by atoms with van der Waals surface area (Å²) in [6, 6.07) is 5.02. The van der Waals surface area contributed by atoms with Gasteiger partial charge in [0.25, 0.3) is 0 Å². The summed E-state index contributed by atoms with van der Waals surface area (Å²) in [6.45, 7) is 12.7. The Morgan fingerprint density at radius 2 is 2.00 bits per heavy atom. The average Bonchev–Trinajstić information content (AvgIpc) is 3.18. The van der Waals surface area contributed by atoms with E-state index in [-0.39, 0.29) is 5.41 Å². The highest BCUT2D eigenvalue weighted by atomic mass is 16.5. The van der Waals surface area contributed by atoms with Gasteiger partial charge < -0.3 is 10.1 Å². The molecule has 0 saturated heterocycles. The number of nitrogens with zero attached hydrogens (tertiary/aromatic N) is 1. The summed E-state index contributed by atoms with van der Waals surface area (Å²) in [6.07, 6.45) is 3.70. The number of nitrogens with one attached hydrogen (secondary N) is 1. The van der Waals surface area contributed by atoms with Crippen LogP contribution in [0, 0.1) is 5.92 Å². The Kier molecular flexibility index (Phi) is 5.26. The van der Waals surface area contributed by atoms with Crippen molar-refractivity contribution >= 4 is 0 Å². The molecule has 3 heteroatoms. The van der Waals surface area contributed by atoms with Gasteiger partial charge in [0.05, 0.1) is 12.3 Å². The molecular formula is C18H30N2O. The zero-order valence-electron chi connectivity index (χ0n) is 14.2. The average molecular weight is 290 g/mol. The lowest BCUT2D eigenvalue weighted by Gasteiger charge is -2.20. The zero-order valence-corrected chi connectivity index (χ0v) is 14.2. The van der Waals surface area contributed by atoms with Crippen LogP contribution in [0.1, 0.15) is 65.1 Å². The first-order chi connectivity index (χ1) is 9.84. The van der Waals surface area contributed by atoms with E-state index >= 15 is 0 Å². The van der Waals surface area contributed by atoms with E-state index < -0.39 is 0 Å². The van der Waals surface area contributed by atoms with Crippen LogP contribution in [0.15, 0.2) is 12.1 Å². The topological polar surface area (TPSA) is 34.1 Å². The molecule has 0 aromatic carbocycles. The lowest BCUT2D eigenvalue weighted by molar-refractivity contribution is 0.277. The molecule has 1 fully saturated rings. The fourth-order valence-corrected chi connectivity index (χ4v) is 2.07. The summed E-state index contributed by atoms with van der Waals surface area (Å²) in [5.41, 5.74) is 2.43. The van der Waals surface area contributed by atoms with Gasteiger partial charge >= 0.3 is 0 Å². The van der Waals surface area contributed by atoms with Crippen molar-refractivity contribution in [2.45, 2.75) is 71.9 Å². The largest absolute Gasteiger partial charge is 0.478 e. The summed E-state index contributed by atoms with van der Waals surface area (Å²) >= 11 is 0. The Labute approximate surface area is 129 Å². The Morgan fingerprint density at radius 1 is 1.29 bits per heavy atom. The lowest BCUT2D eigenvalue weighted by Crippen LogP contribution is -2.19. The van der Waals surface area contributed by atoms with Gasteiger partial charge in [-0.1, -0.05) is 34.6 Å². The van der Waals surface area contributed by atoms with Crippen LogP contribution in [0.4, 0.5) is 0 Å². The maximum Gasteiger partial charge on any atom is 0.213 e. The zero-order chi connectivity index (χ0) is 15.5. The number of rotatable bonds is 7. The third kappa shape index (κ3) is 5.66. The van der Waals surface area contributed by atoms with Crippen molar-refractivity contribution in [3.63, 3.8) is 0 Å². The van der Waals surface area contributed by atoms with Gasteiger partial charge in [-0.2, -0.15) is 0 Å². The van der Waals surface area contributed by atoms with Crippen molar-refractivity contribution in [3.8, 4) is 5.88 Å². The van der Waals surface area contributed by atoms with E-state index in [0.717, 1.165) is 37.2 Å². The minimum atomic E-state index is 0.0474. The number of hydrogen-bond acceptors (Lipinski definition) is 3. The molecule has 0 atom stereocenters. The minimum absolute atomic E-state index is 0.0474. The van der Waals surface area contributed by atoms with E-state index in [0.29, 0.717) is 5.92 Å². The molecule has 21 heavy (non-hydrogen) atoms. The van der Waals surface area contributed by atoms with Crippen LogP contribution in [0.5, 0.6) is 5.88 Å². The van der Waals surface area contributed by atoms with Crippen LogP contribution in [-0.2, 0) is 12.0 Å². The Morgan fingerprint density at radius 3 is 2.57 bits per heavy atom. The highest BCUT2D eigenvalue weighted by Gasteiger charge is 2.21. The number of pyridine rings is 1. The molecular weight excluding hydrogens is 260 g/mol. The first-order valence-corrected chi connectivity index (χ1v) is 8.22. The van der Waals surface area contributed by atoms with Gasteiger partial charge in [0.15, 0.2) is 0 Å². The van der Waals surface area contributed by atoms with E-state index in [9.17, 15) is 0 Å². The molecule has 1 aromatic rings. The quantitative estimate of drug-likeness (QED) is 0.822. The maximum absolute atomic E-state index is 5.88. The molecule has 118 valence electrons. The van der Waals surface area contributed by atoms with Crippen molar-refractivity contribution in [1.29, 1.82) is 0 Å². The summed E-state index contributed by atoms with van der Waals surface area (Å²) in [5, 5.41) is 3.57. The smallest absolute Gasteiger partial charge is 0.213 e. The predicted molar refractivity (Wildman–Crippen MR) is 87.7 cm³/mol. The van der Waals surface area contributed by atoms with Gasteiger partial charge in [0.1, 0.15) is 0 Å². The van der Waals surface area contributed by atoms with Crippen molar-refractivity contribution in [3.05, 3.63) is 23.4 Å². The second-order valence-corrected chi connectivity index (χ2v) is 7.64. The van der Waals surface area contributed by atoms with E-state index in [1.807, 2.05) is 0 Å². The SMILES string of the molecule is CC(C)CCOc1cc(CNC2CC2)cc(C(C)(C)C)n1. The summed E-state index contributed by atoms with van der Waals surface area (Å²) in [7, 11) is 0. The van der Waals surface area contributed by atoms with Crippen LogP contribution in [0.25, 0.3) is 0 Å². The van der Waals surface area contributed by atoms with Crippen molar-refractivity contribution in [2.24, 2.45) is 5.92 Å². The highest BCUT2D eigenvalue weighted by molar-refractivity contribution is 5.28. The Bertz CT molecular complexity index is 459. The van der Waals surface area contributed by atoms with E-state index in [1.54, 1.807) is 0 Å². The predicted octanol–water partition coefficient (Wildman–Crippen LogP) is 4.06. The van der Waals surface area contributed by atoms with Crippen LogP contribution in [0.3, 0.4) is 0 Å². The van der Waals surface area contributed by atoms with Gasteiger partial charge in [-0.05, 0) is 36.8 Å². The van der Waals surface area contributed by atoms with Gasteiger partial charge in [-0.25, -0.2) is 4.98 Å². The third-order valence-corrected chi connectivity index (χ3v) is 3.75. The summed E-state index contributed by atoms with van der Waals surface area (Å²) in [5.74, 6) is 1.43. The van der Waals surface area contributed by atoms with Gasteiger partial charge in [-0.15, -0.1) is 0 Å². The Balaban J connectivity index is 2.07. The van der Waals surface area contributed by atoms with Crippen molar-refractivity contribution in [2.75, 3.05) is 6.61 Å². The molecule has 1 N–H and O–H groups in total. The lowest BCUT2D eigenvalue weighted by atomic mass is 9.91. The van der Waals surface area contributed by atoms with Crippen LogP contribution in [-0.4, -0.2) is 17.6 Å². The molecule has 1 saturated carbocycles. The fraction of sp³-hybridized carbons (Fsp3) is 0.722. The number of aromatic nitrogens is 1. The van der Waals surface area contributed by atoms with Crippen molar-refractivity contribution < 1.29 is 4.74 Å². The minimum Gasteiger partial charge on any atom is -0.478 e. The number of ether oxygens (including phenoxy) is 1. The molecule has 2 rings (SSSR count). The van der Waals surface area contributed by atoms with E-state index in [4.69, 9.17) is 9.72 Å². The first-order valence-electron chi connectivity index (χ1n) is 8.22. The maximum atomic E-state index is 5.88. The van der Waals surface area contributed by atoms with Crippen LogP contribution in [0.2, 0.25) is 0 Å². The van der Waals surface area contributed by atoms with Crippen LogP contribution < -0.4 is 10.1 Å². The standard InChI is InChI=1S/C18H30N2O/c1-13(2)8-9-21-17-11-14(12-19-15-6-7-15)10-16(20-17)18(3,4)5/h10-11,13,15,19H,6-9,12H2,1-5H3. The van der Waals surface area contributed by atoms with Gasteiger partial charge in [0.2, 0.25) is 5.88 Å². The highest BCUT2D eigenvalue weighted by Crippen LogP contribution is 2.25. The molecule has 0 radical (unpaired) electrons. The molecule has 0 amide bonds. The first kappa shape index (κ1) is 16.3. The molecule has 0 aliphatic heterocycles. The van der Waals surface area contributed by atoms with Gasteiger partial charge in [-0.3, -0.25) is 0 Å². The molecule has 0 bridgehead atoms. The van der Waals surface area contributed by atoms with Crippen molar-refractivity contribution in [1.82, 2.24) is 10.3 Å². The summed E-state index contributed by atoms with van der Waals surface area (Å²) in [4.78, 5) is 4.69. The normalized spacial score (nSPS) is 15.5. The van der Waals surface area contributed by atoms with E-state index in [1.165, 1.54) is 18.4 Å². The monoisotopic (exact) mass is 290 g/mol. The molecule has 1 aliphatic rings. The second kappa shape index (κ2) is 6.78. The number of hydrogen-bond donors (Lipinski definition) is 1. The summed E-state index contributed by atoms with van der Waals surface area (Å²) < 4.78 is 5.88. The molecule has 0 spiro atoms. The molecule has 0 unspecified atom stereocenters. The Hall–Kier alpha value is -1.09.